The second-order valence-electron chi connectivity index (χ2n) is 4.24. The molecule has 0 amide bonds. The van der Waals surface area contributed by atoms with Crippen molar-refractivity contribution < 1.29 is 0 Å². The van der Waals surface area contributed by atoms with Crippen LogP contribution in [0.4, 0.5) is 0 Å². The number of rotatable bonds is 3. The van der Waals surface area contributed by atoms with Crippen molar-refractivity contribution in [2.24, 2.45) is 0 Å². The number of fused-ring (bicyclic) bond motifs is 1. The van der Waals surface area contributed by atoms with Crippen molar-refractivity contribution in [3.05, 3.63) is 45.5 Å². The molecule has 0 bridgehead atoms. The van der Waals surface area contributed by atoms with E-state index in [0.717, 1.165) is 0 Å². The van der Waals surface area contributed by atoms with Crippen LogP contribution >= 0.6 is 0 Å². The van der Waals surface area contributed by atoms with E-state index < -0.39 is 20.2 Å². The van der Waals surface area contributed by atoms with Crippen molar-refractivity contribution in [2.75, 3.05) is 0 Å². The van der Waals surface area contributed by atoms with E-state index in [1.165, 1.54) is 24.8 Å². The summed E-state index contributed by atoms with van der Waals surface area (Å²) < 4.78 is 3.41. The summed E-state index contributed by atoms with van der Waals surface area (Å²) in [6, 6.07) is 8.93. The molecule has 16 heavy (non-hydrogen) atoms. The first-order valence-corrected chi connectivity index (χ1v) is 11.1. The van der Waals surface area contributed by atoms with Gasteiger partial charge in [0.2, 0.25) is 0 Å². The van der Waals surface area contributed by atoms with E-state index in [0.29, 0.717) is 0 Å². The van der Waals surface area contributed by atoms with Gasteiger partial charge in [-0.3, -0.25) is 0 Å². The van der Waals surface area contributed by atoms with Gasteiger partial charge in [0.1, 0.15) is 0 Å². The Morgan fingerprint density at radius 2 is 2.00 bits per heavy atom. The van der Waals surface area contributed by atoms with Crippen LogP contribution in [0.1, 0.15) is 31.7 Å². The molecule has 0 nitrogen and oxygen atoms in total. The van der Waals surface area contributed by atoms with Gasteiger partial charge in [0.15, 0.2) is 0 Å². The second kappa shape index (κ2) is 5.73. The van der Waals surface area contributed by atoms with Crippen LogP contribution in [0.2, 0.25) is 4.87 Å². The van der Waals surface area contributed by atoms with E-state index in [1.807, 2.05) is 0 Å². The third kappa shape index (κ3) is 2.60. The van der Waals surface area contributed by atoms with Crippen molar-refractivity contribution in [1.29, 1.82) is 0 Å². The van der Waals surface area contributed by atoms with Gasteiger partial charge in [-0.15, -0.1) is 0 Å². The third-order valence-corrected chi connectivity index (χ3v) is 9.83. The van der Waals surface area contributed by atoms with Crippen molar-refractivity contribution in [3.63, 3.8) is 0 Å². The van der Waals surface area contributed by atoms with E-state index in [2.05, 4.69) is 54.3 Å². The van der Waals surface area contributed by atoms with Crippen molar-refractivity contribution in [3.8, 4) is 0 Å². The van der Waals surface area contributed by atoms with Crippen LogP contribution in [0, 0.1) is 0 Å². The molecule has 0 saturated heterocycles. The Morgan fingerprint density at radius 3 is 2.81 bits per heavy atom. The molecule has 84 valence electrons. The topological polar surface area (TPSA) is 0 Å². The quantitative estimate of drug-likeness (QED) is 0.745. The molecule has 1 aliphatic heterocycles. The molecule has 0 radical (unpaired) electrons. The normalized spacial score (nSPS) is 15.5. The second-order valence-corrected chi connectivity index (χ2v) is 10.4. The first-order valence-electron chi connectivity index (χ1n) is 6.03. The summed E-state index contributed by atoms with van der Waals surface area (Å²) in [5.74, 6) is 0. The minimum atomic E-state index is -1.35. The summed E-state index contributed by atoms with van der Waals surface area (Å²) in [5, 5.41) is 0. The van der Waals surface area contributed by atoms with Gasteiger partial charge < -0.3 is 0 Å². The van der Waals surface area contributed by atoms with Gasteiger partial charge in [-0.2, -0.15) is 0 Å². The molecule has 1 heterocycles. The van der Waals surface area contributed by atoms with Crippen LogP contribution in [-0.2, 0) is 0 Å². The van der Waals surface area contributed by atoms with Gasteiger partial charge in [0, 0.05) is 0 Å². The monoisotopic (exact) mass is 320 g/mol. The molecule has 0 spiro atoms. The number of hydrogen-bond acceptors (Lipinski definition) is 0. The molecule has 1 aromatic carbocycles. The number of allylic oxidation sites excluding steroid dienone is 3. The molecule has 0 aromatic heterocycles. The molecular formula is C15H19Sb. The Hall–Kier alpha value is -0.482. The van der Waals surface area contributed by atoms with Crippen LogP contribution in [0.5, 0.6) is 0 Å². The first kappa shape index (κ1) is 12.0. The van der Waals surface area contributed by atoms with Crippen LogP contribution in [-0.4, -0.2) is 20.2 Å². The maximum absolute atomic E-state index is 2.51. The molecule has 0 aliphatic carbocycles. The molecule has 1 aromatic rings. The number of benzene rings is 1. The summed E-state index contributed by atoms with van der Waals surface area (Å²) in [5.41, 5.74) is 1.45. The third-order valence-electron chi connectivity index (χ3n) is 3.08. The van der Waals surface area contributed by atoms with Crippen molar-refractivity contribution >= 4 is 29.8 Å². The fraction of sp³-hybridized carbons (Fsp3) is 0.333. The van der Waals surface area contributed by atoms with Crippen LogP contribution < -0.4 is 3.51 Å². The van der Waals surface area contributed by atoms with Gasteiger partial charge in [-0.05, 0) is 0 Å². The summed E-state index contributed by atoms with van der Waals surface area (Å²) in [4.78, 5) is 2.51. The van der Waals surface area contributed by atoms with Gasteiger partial charge in [-0.25, -0.2) is 0 Å². The van der Waals surface area contributed by atoms with Gasteiger partial charge in [-0.1, -0.05) is 0 Å². The zero-order chi connectivity index (χ0) is 11.4. The Morgan fingerprint density at radius 1 is 1.19 bits per heavy atom. The SMILES string of the molecule is CCCC[C]1=CC=Cc2cccc[c]2[Sb]1[CH3]. The number of hydrogen-bond donors (Lipinski definition) is 0. The van der Waals surface area contributed by atoms with Crippen molar-refractivity contribution in [1.82, 2.24) is 0 Å². The molecule has 0 fully saturated rings. The Kier molecular flexibility index (Phi) is 4.29. The van der Waals surface area contributed by atoms with Crippen LogP contribution in [0.3, 0.4) is 0 Å². The molecule has 0 atom stereocenters. The summed E-state index contributed by atoms with van der Waals surface area (Å²) in [6.07, 6.45) is 10.9. The van der Waals surface area contributed by atoms with Gasteiger partial charge in [0.25, 0.3) is 0 Å². The summed E-state index contributed by atoms with van der Waals surface area (Å²) in [6.45, 7) is 2.28. The summed E-state index contributed by atoms with van der Waals surface area (Å²) >= 11 is -1.35. The Balaban J connectivity index is 2.28. The first-order chi connectivity index (χ1) is 7.83. The minimum absolute atomic E-state index is 1.30. The average Bonchev–Trinajstić information content (AvgIpc) is 2.47. The predicted octanol–water partition coefficient (Wildman–Crippen LogP) is 3.70. The van der Waals surface area contributed by atoms with E-state index in [9.17, 15) is 0 Å². The van der Waals surface area contributed by atoms with E-state index in [1.54, 1.807) is 7.03 Å². The molecular weight excluding hydrogens is 302 g/mol. The van der Waals surface area contributed by atoms with Crippen LogP contribution in [0.15, 0.2) is 39.9 Å². The zero-order valence-electron chi connectivity index (χ0n) is 10.1. The van der Waals surface area contributed by atoms with Gasteiger partial charge >= 0.3 is 106 Å². The fourth-order valence-corrected chi connectivity index (χ4v) is 7.66. The Labute approximate surface area is 106 Å². The molecule has 1 heteroatoms. The van der Waals surface area contributed by atoms with Gasteiger partial charge in [0.05, 0.1) is 0 Å². The average molecular weight is 321 g/mol. The van der Waals surface area contributed by atoms with E-state index >= 15 is 0 Å². The standard InChI is InChI=1S/C14H16.CH3.Sb/c1-2-3-4-5-6-8-11-14-12-9-7-10-13-14;;/h6-12H,2-4H2,1H3;1H3;. The van der Waals surface area contributed by atoms with Crippen molar-refractivity contribution in [2.45, 2.75) is 31.1 Å². The fourth-order valence-electron chi connectivity index (χ4n) is 2.07. The summed E-state index contributed by atoms with van der Waals surface area (Å²) in [7, 11) is 0. The number of unbranched alkanes of at least 4 members (excludes halogenated alkanes) is 1. The molecule has 0 N–H and O–H groups in total. The molecule has 0 saturated carbocycles. The molecule has 0 unspecified atom stereocenters. The van der Waals surface area contributed by atoms with E-state index in [4.69, 9.17) is 0 Å². The molecule has 1 aliphatic rings. The van der Waals surface area contributed by atoms with E-state index in [-0.39, 0.29) is 0 Å². The maximum atomic E-state index is 2.51. The van der Waals surface area contributed by atoms with Crippen LogP contribution in [0.25, 0.3) is 6.08 Å². The predicted molar refractivity (Wildman–Crippen MR) is 74.3 cm³/mol. The zero-order valence-corrected chi connectivity index (χ0v) is 12.7. The Bertz CT molecular complexity index is 415. The molecule has 2 rings (SSSR count).